The number of ether oxygens (including phenoxy) is 2. The predicted molar refractivity (Wildman–Crippen MR) is 81.7 cm³/mol. The fraction of sp³-hybridized carbons (Fsp3) is 0.667. The van der Waals surface area contributed by atoms with Crippen LogP contribution in [0.1, 0.15) is 27.7 Å². The second-order valence-electron chi connectivity index (χ2n) is 7.36. The van der Waals surface area contributed by atoms with Crippen LogP contribution in [-0.2, 0) is 19.1 Å². The van der Waals surface area contributed by atoms with Crippen LogP contribution in [0, 0.1) is 34.5 Å². The van der Waals surface area contributed by atoms with Crippen molar-refractivity contribution in [2.75, 3.05) is 14.2 Å². The largest absolute Gasteiger partial charge is 0.469 e. The molecule has 0 bridgehead atoms. The van der Waals surface area contributed by atoms with Gasteiger partial charge in [0.2, 0.25) is 0 Å². The zero-order valence-electron chi connectivity index (χ0n) is 14.1. The number of esters is 2. The van der Waals surface area contributed by atoms with E-state index in [9.17, 15) is 9.59 Å². The lowest BCUT2D eigenvalue weighted by Crippen LogP contribution is -2.30. The van der Waals surface area contributed by atoms with Crippen molar-refractivity contribution in [3.63, 3.8) is 0 Å². The number of carbonyl (C=O) groups excluding carboxylic acids is 2. The molecule has 0 amide bonds. The maximum Gasteiger partial charge on any atom is 0.309 e. The minimum Gasteiger partial charge on any atom is -0.469 e. The van der Waals surface area contributed by atoms with Crippen LogP contribution in [0.3, 0.4) is 0 Å². The first-order chi connectivity index (χ1) is 10.3. The average molecular weight is 304 g/mol. The van der Waals surface area contributed by atoms with Crippen molar-refractivity contribution in [1.82, 2.24) is 0 Å². The Kier molecular flexibility index (Phi) is 3.11. The van der Waals surface area contributed by atoms with Gasteiger partial charge in [0.1, 0.15) is 0 Å². The average Bonchev–Trinajstić information content (AvgIpc) is 3.24. The van der Waals surface area contributed by atoms with Crippen molar-refractivity contribution in [1.29, 1.82) is 0 Å². The molecule has 0 heterocycles. The van der Waals surface area contributed by atoms with E-state index in [4.69, 9.17) is 9.47 Å². The lowest BCUT2D eigenvalue weighted by Gasteiger charge is -2.33. The molecule has 0 aromatic heterocycles. The van der Waals surface area contributed by atoms with E-state index in [2.05, 4.69) is 12.2 Å². The van der Waals surface area contributed by atoms with Gasteiger partial charge in [0, 0.05) is 10.8 Å². The van der Waals surface area contributed by atoms with Gasteiger partial charge in [-0.15, -0.1) is 0 Å². The maximum absolute atomic E-state index is 12.2. The SMILES string of the molecule is COC(=O)[C@H]1[C@@H]2[C@H]3[C@H](C(=O)OC)[C@@]3(C=C(C)C)[C@@]21C=C(C)C. The molecule has 0 radical (unpaired) electrons. The summed E-state index contributed by atoms with van der Waals surface area (Å²) in [5, 5.41) is 0. The third-order valence-electron chi connectivity index (χ3n) is 5.73. The molecular weight excluding hydrogens is 280 g/mol. The molecule has 0 spiro atoms. The zero-order valence-corrected chi connectivity index (χ0v) is 14.1. The van der Waals surface area contributed by atoms with Crippen LogP contribution < -0.4 is 0 Å². The van der Waals surface area contributed by atoms with Crippen LogP contribution in [-0.4, -0.2) is 26.2 Å². The van der Waals surface area contributed by atoms with E-state index < -0.39 is 0 Å². The molecule has 3 rings (SSSR count). The predicted octanol–water partition coefficient (Wildman–Crippen LogP) is 2.74. The van der Waals surface area contributed by atoms with Crippen LogP contribution >= 0.6 is 0 Å². The number of fused-ring (bicyclic) bond motifs is 4. The highest BCUT2D eigenvalue weighted by atomic mass is 16.5. The van der Waals surface area contributed by atoms with Gasteiger partial charge in [-0.2, -0.15) is 0 Å². The van der Waals surface area contributed by atoms with Gasteiger partial charge in [0.05, 0.1) is 26.1 Å². The van der Waals surface area contributed by atoms with Crippen molar-refractivity contribution >= 4 is 11.9 Å². The molecule has 0 aliphatic heterocycles. The molecule has 4 heteroatoms. The monoisotopic (exact) mass is 304 g/mol. The van der Waals surface area contributed by atoms with E-state index in [1.807, 2.05) is 27.7 Å². The number of allylic oxidation sites excluding steroid dienone is 4. The maximum atomic E-state index is 12.2. The van der Waals surface area contributed by atoms with E-state index in [0.29, 0.717) is 0 Å². The lowest BCUT2D eigenvalue weighted by atomic mass is 9.69. The van der Waals surface area contributed by atoms with Gasteiger partial charge >= 0.3 is 11.9 Å². The summed E-state index contributed by atoms with van der Waals surface area (Å²) in [7, 11) is 2.88. The zero-order chi connectivity index (χ0) is 16.4. The minimum absolute atomic E-state index is 0.117. The van der Waals surface area contributed by atoms with E-state index in [1.54, 1.807) is 0 Å². The number of hydrogen-bond donors (Lipinski definition) is 0. The Morgan fingerprint density at radius 2 is 1.09 bits per heavy atom. The summed E-state index contributed by atoms with van der Waals surface area (Å²) in [4.78, 5) is 24.3. The second kappa shape index (κ2) is 4.46. The molecule has 22 heavy (non-hydrogen) atoms. The molecule has 3 saturated carbocycles. The molecule has 0 aromatic rings. The Morgan fingerprint density at radius 3 is 1.32 bits per heavy atom. The van der Waals surface area contributed by atoms with Crippen molar-refractivity contribution < 1.29 is 19.1 Å². The third kappa shape index (κ3) is 1.48. The molecule has 3 fully saturated rings. The van der Waals surface area contributed by atoms with Crippen molar-refractivity contribution in [2.24, 2.45) is 34.5 Å². The van der Waals surface area contributed by atoms with Crippen LogP contribution in [0.4, 0.5) is 0 Å². The van der Waals surface area contributed by atoms with Gasteiger partial charge < -0.3 is 9.47 Å². The van der Waals surface area contributed by atoms with E-state index in [-0.39, 0.29) is 46.4 Å². The lowest BCUT2D eigenvalue weighted by molar-refractivity contribution is -0.145. The minimum atomic E-state index is -0.250. The Balaban J connectivity index is 2.05. The van der Waals surface area contributed by atoms with Gasteiger partial charge in [-0.3, -0.25) is 9.59 Å². The number of methoxy groups -OCH3 is 2. The molecule has 0 saturated heterocycles. The first-order valence-corrected chi connectivity index (χ1v) is 7.77. The topological polar surface area (TPSA) is 52.6 Å². The highest BCUT2D eigenvalue weighted by molar-refractivity contribution is 5.89. The molecule has 3 aliphatic rings. The molecule has 0 unspecified atom stereocenters. The Labute approximate surface area is 131 Å². The number of rotatable bonds is 4. The standard InChI is InChI=1S/C18H24O4/c1-9(2)7-17-11(13(17)15(19)21-5)12-14(16(20)22-6)18(12,17)8-10(3)4/h7-8,11-14H,1-6H3/t11-,12-,13+,14+,17-,18-/m0/s1. The summed E-state index contributed by atoms with van der Waals surface area (Å²) in [6, 6.07) is 0. The molecule has 0 aromatic carbocycles. The summed E-state index contributed by atoms with van der Waals surface area (Å²) in [5.41, 5.74) is 1.85. The first-order valence-electron chi connectivity index (χ1n) is 7.77. The van der Waals surface area contributed by atoms with Gasteiger partial charge in [0.25, 0.3) is 0 Å². The van der Waals surface area contributed by atoms with E-state index in [1.165, 1.54) is 25.4 Å². The van der Waals surface area contributed by atoms with Crippen molar-refractivity contribution in [2.45, 2.75) is 27.7 Å². The normalized spacial score (nSPS) is 42.8. The Hall–Kier alpha value is -1.58. The molecule has 4 nitrogen and oxygen atoms in total. The Bertz CT molecular complexity index is 555. The van der Waals surface area contributed by atoms with Gasteiger partial charge in [-0.1, -0.05) is 23.3 Å². The molecular formula is C18H24O4. The van der Waals surface area contributed by atoms with Crippen LogP contribution in [0.15, 0.2) is 23.3 Å². The molecule has 3 aliphatic carbocycles. The summed E-state index contributed by atoms with van der Waals surface area (Å²) < 4.78 is 9.99. The third-order valence-corrected chi connectivity index (χ3v) is 5.73. The van der Waals surface area contributed by atoms with E-state index in [0.717, 1.165) is 0 Å². The van der Waals surface area contributed by atoms with Gasteiger partial charge in [0.15, 0.2) is 0 Å². The van der Waals surface area contributed by atoms with Crippen molar-refractivity contribution in [3.05, 3.63) is 23.3 Å². The molecule has 6 atom stereocenters. The number of hydrogen-bond acceptors (Lipinski definition) is 4. The van der Waals surface area contributed by atoms with Crippen LogP contribution in [0.5, 0.6) is 0 Å². The second-order valence-corrected chi connectivity index (χ2v) is 7.36. The molecule has 0 N–H and O–H groups in total. The summed E-state index contributed by atoms with van der Waals surface area (Å²) in [6.07, 6.45) is 4.39. The van der Waals surface area contributed by atoms with Gasteiger partial charge in [-0.05, 0) is 39.5 Å². The summed E-state index contributed by atoms with van der Waals surface area (Å²) in [5.74, 6) is -0.105. The smallest absolute Gasteiger partial charge is 0.309 e. The van der Waals surface area contributed by atoms with Crippen LogP contribution in [0.2, 0.25) is 0 Å². The highest BCUT2D eigenvalue weighted by Crippen LogP contribution is 2.98. The summed E-state index contributed by atoms with van der Waals surface area (Å²) in [6.45, 7) is 8.16. The number of carbonyl (C=O) groups is 2. The van der Waals surface area contributed by atoms with Crippen molar-refractivity contribution in [3.8, 4) is 0 Å². The van der Waals surface area contributed by atoms with Crippen LogP contribution in [0.25, 0.3) is 0 Å². The quantitative estimate of drug-likeness (QED) is 0.592. The van der Waals surface area contributed by atoms with E-state index >= 15 is 0 Å². The fourth-order valence-electron chi connectivity index (χ4n) is 5.41. The van der Waals surface area contributed by atoms with Gasteiger partial charge in [-0.25, -0.2) is 0 Å². The highest BCUT2D eigenvalue weighted by Gasteiger charge is 3.00. The Morgan fingerprint density at radius 1 is 0.773 bits per heavy atom. The summed E-state index contributed by atoms with van der Waals surface area (Å²) >= 11 is 0. The first kappa shape index (κ1) is 15.3. The molecule has 120 valence electrons. The fourth-order valence-corrected chi connectivity index (χ4v) is 5.41.